The van der Waals surface area contributed by atoms with Crippen molar-refractivity contribution in [2.45, 2.75) is 12.8 Å². The van der Waals surface area contributed by atoms with Gasteiger partial charge in [-0.05, 0) is 0 Å². The summed E-state index contributed by atoms with van der Waals surface area (Å²) in [5, 5.41) is 0. The third kappa shape index (κ3) is 2.95. The SMILES string of the molecule is [CH-]=C(/C=C\[CH]=[W])C(C(C)=O)c1c(N(C)C)c(=O)c1=O. The zero-order chi connectivity index (χ0) is 14.7. The van der Waals surface area contributed by atoms with Gasteiger partial charge in [-0.1, -0.05) is 0 Å². The molecule has 19 heavy (non-hydrogen) atoms. The van der Waals surface area contributed by atoms with Gasteiger partial charge in [-0.2, -0.15) is 0 Å². The first-order valence-electron chi connectivity index (χ1n) is 5.58. The van der Waals surface area contributed by atoms with Gasteiger partial charge in [0.1, 0.15) is 0 Å². The number of nitrogens with zero attached hydrogens (tertiary/aromatic N) is 1. The minimum atomic E-state index is -0.839. The average Bonchev–Trinajstić information content (AvgIpc) is 2.34. The van der Waals surface area contributed by atoms with Crippen LogP contribution in [0.2, 0.25) is 0 Å². The average molecular weight is 428 g/mol. The molecule has 0 aliphatic rings. The minimum absolute atomic E-state index is 0.202. The van der Waals surface area contributed by atoms with Crippen LogP contribution in [-0.4, -0.2) is 24.3 Å². The van der Waals surface area contributed by atoms with E-state index >= 15 is 0 Å². The molecule has 1 rings (SSSR count). The van der Waals surface area contributed by atoms with Gasteiger partial charge in [0.15, 0.2) is 0 Å². The zero-order valence-corrected chi connectivity index (χ0v) is 13.9. The molecular formula is C14H14NO3W-. The molecule has 100 valence electrons. The van der Waals surface area contributed by atoms with E-state index < -0.39 is 16.8 Å². The van der Waals surface area contributed by atoms with Crippen molar-refractivity contribution in [2.75, 3.05) is 19.0 Å². The summed E-state index contributed by atoms with van der Waals surface area (Å²) in [7, 11) is 3.32. The standard InChI is InChI=1S/C14H14NO3.W/c1-6-7-8(2)10(9(3)16)11-12(15(4)5)14(18)13(11)17;/h1-2,6-7,10H,3-5H3;/q-1;/b7-6-;. The predicted molar refractivity (Wildman–Crippen MR) is 72.1 cm³/mol. The van der Waals surface area contributed by atoms with E-state index in [9.17, 15) is 14.4 Å². The molecule has 1 atom stereocenters. The summed E-state index contributed by atoms with van der Waals surface area (Å²) < 4.78 is 1.85. The Morgan fingerprint density at radius 1 is 1.32 bits per heavy atom. The molecule has 0 aliphatic heterocycles. The van der Waals surface area contributed by atoms with Gasteiger partial charge >= 0.3 is 122 Å². The maximum absolute atomic E-state index is 11.7. The number of hydrogen-bond donors (Lipinski definition) is 0. The van der Waals surface area contributed by atoms with E-state index in [1.807, 2.05) is 4.40 Å². The van der Waals surface area contributed by atoms with Crippen molar-refractivity contribution in [2.24, 2.45) is 0 Å². The molecule has 4 nitrogen and oxygen atoms in total. The van der Waals surface area contributed by atoms with Crippen molar-refractivity contribution in [3.8, 4) is 0 Å². The van der Waals surface area contributed by atoms with Crippen LogP contribution in [0.3, 0.4) is 0 Å². The molecule has 5 heteroatoms. The van der Waals surface area contributed by atoms with Gasteiger partial charge in [-0.25, -0.2) is 0 Å². The fourth-order valence-corrected chi connectivity index (χ4v) is 2.24. The molecule has 0 amide bonds. The van der Waals surface area contributed by atoms with Crippen LogP contribution in [0.4, 0.5) is 5.69 Å². The second kappa shape index (κ2) is 6.16. The number of carbonyl (C=O) groups is 1. The van der Waals surface area contributed by atoms with Crippen molar-refractivity contribution >= 4 is 15.9 Å². The summed E-state index contributed by atoms with van der Waals surface area (Å²) >= 11 is 1.25. The van der Waals surface area contributed by atoms with Crippen LogP contribution in [0.25, 0.3) is 0 Å². The molecule has 0 saturated heterocycles. The van der Waals surface area contributed by atoms with Crippen LogP contribution < -0.4 is 15.8 Å². The molecule has 0 spiro atoms. The van der Waals surface area contributed by atoms with Crippen molar-refractivity contribution in [1.82, 2.24) is 0 Å². The van der Waals surface area contributed by atoms with Gasteiger partial charge in [0.2, 0.25) is 0 Å². The van der Waals surface area contributed by atoms with E-state index in [-0.39, 0.29) is 22.6 Å². The van der Waals surface area contributed by atoms with E-state index in [0.29, 0.717) is 0 Å². The second-order valence-electron chi connectivity index (χ2n) is 4.35. The number of allylic oxidation sites excluding steroid dienone is 3. The molecule has 0 fully saturated rings. The number of ketones is 1. The Bertz CT molecular complexity index is 633. The third-order valence-electron chi connectivity index (χ3n) is 2.76. The predicted octanol–water partition coefficient (Wildman–Crippen LogP) is 0.286. The summed E-state index contributed by atoms with van der Waals surface area (Å²) in [6.07, 6.45) is 3.32. The van der Waals surface area contributed by atoms with Crippen molar-refractivity contribution in [1.29, 1.82) is 0 Å². The molecule has 1 aromatic carbocycles. The summed E-state index contributed by atoms with van der Waals surface area (Å²) in [5.74, 6) is -1.09. The van der Waals surface area contributed by atoms with E-state index in [2.05, 4.69) is 0 Å². The van der Waals surface area contributed by atoms with E-state index in [1.165, 1.54) is 26.3 Å². The summed E-state index contributed by atoms with van der Waals surface area (Å²) in [5.41, 5.74) is -0.429. The Kier molecular flexibility index (Phi) is 5.07. The Labute approximate surface area is 122 Å². The molecule has 0 radical (unpaired) electrons. The Hall–Kier alpha value is -1.41. The second-order valence-corrected chi connectivity index (χ2v) is 5.33. The van der Waals surface area contributed by atoms with Crippen molar-refractivity contribution in [3.63, 3.8) is 0 Å². The first-order chi connectivity index (χ1) is 8.82. The van der Waals surface area contributed by atoms with Crippen LogP contribution in [0, 0.1) is 6.58 Å². The van der Waals surface area contributed by atoms with Gasteiger partial charge in [0.25, 0.3) is 0 Å². The van der Waals surface area contributed by atoms with Crippen LogP contribution in [-0.2, 0) is 24.1 Å². The van der Waals surface area contributed by atoms with Crippen LogP contribution >= 0.6 is 0 Å². The summed E-state index contributed by atoms with van der Waals surface area (Å²) in [6.45, 7) is 7.23. The van der Waals surface area contributed by atoms with Crippen LogP contribution in [0.15, 0.2) is 27.3 Å². The molecule has 0 aromatic heterocycles. The zero-order valence-electron chi connectivity index (χ0n) is 11.0. The monoisotopic (exact) mass is 428 g/mol. The summed E-state index contributed by atoms with van der Waals surface area (Å²) in [4.78, 5) is 36.6. The molecule has 0 saturated carbocycles. The maximum atomic E-state index is 11.7. The van der Waals surface area contributed by atoms with Crippen LogP contribution in [0.5, 0.6) is 0 Å². The first kappa shape index (κ1) is 15.6. The fourth-order valence-electron chi connectivity index (χ4n) is 1.96. The molecule has 0 heterocycles. The normalized spacial score (nSPS) is 12.6. The van der Waals surface area contributed by atoms with Gasteiger partial charge in [0, 0.05) is 0 Å². The van der Waals surface area contributed by atoms with Crippen LogP contribution in [0.1, 0.15) is 18.4 Å². The molecular weight excluding hydrogens is 414 g/mol. The molecule has 1 aromatic rings. The first-order valence-corrected chi connectivity index (χ1v) is 7.27. The third-order valence-corrected chi connectivity index (χ3v) is 3.33. The number of anilines is 1. The Balaban J connectivity index is 3.34. The van der Waals surface area contributed by atoms with Gasteiger partial charge in [-0.15, -0.1) is 0 Å². The number of carbonyl (C=O) groups excluding carboxylic acids is 1. The Morgan fingerprint density at radius 3 is 2.32 bits per heavy atom. The molecule has 1 unspecified atom stereocenters. The van der Waals surface area contributed by atoms with Gasteiger partial charge in [-0.3, -0.25) is 0 Å². The fraction of sp³-hybridized carbons (Fsp3) is 0.286. The van der Waals surface area contributed by atoms with Crippen molar-refractivity contribution in [3.05, 3.63) is 50.3 Å². The quantitative estimate of drug-likeness (QED) is 0.372. The van der Waals surface area contributed by atoms with E-state index in [1.54, 1.807) is 31.1 Å². The van der Waals surface area contributed by atoms with E-state index in [4.69, 9.17) is 6.58 Å². The summed E-state index contributed by atoms with van der Waals surface area (Å²) in [6, 6.07) is 0. The number of Topliss-reactive ketones (excluding diaryl/α,β-unsaturated/α-hetero) is 1. The molecule has 0 aliphatic carbocycles. The topological polar surface area (TPSA) is 54.5 Å². The molecule has 0 N–H and O–H groups in total. The van der Waals surface area contributed by atoms with Gasteiger partial charge < -0.3 is 0 Å². The van der Waals surface area contributed by atoms with Gasteiger partial charge in [0.05, 0.1) is 0 Å². The Morgan fingerprint density at radius 2 is 1.89 bits per heavy atom. The number of rotatable bonds is 6. The molecule has 0 bridgehead atoms. The van der Waals surface area contributed by atoms with Crippen molar-refractivity contribution < 1.29 is 24.1 Å². The van der Waals surface area contributed by atoms with E-state index in [0.717, 1.165) is 0 Å². The number of hydrogen-bond acceptors (Lipinski definition) is 4.